The van der Waals surface area contributed by atoms with E-state index in [1.54, 1.807) is 18.2 Å². The van der Waals surface area contributed by atoms with Gasteiger partial charge in [-0.15, -0.1) is 0 Å². The van der Waals surface area contributed by atoms with Crippen molar-refractivity contribution in [1.82, 2.24) is 0 Å². The number of esters is 1. The molecule has 98 valence electrons. The Bertz CT molecular complexity index is 584. The Hall–Kier alpha value is -1.65. The number of benzene rings is 2. The minimum atomic E-state index is -0.338. The first kappa shape index (κ1) is 13.8. The van der Waals surface area contributed by atoms with Crippen LogP contribution < -0.4 is 5.73 Å². The summed E-state index contributed by atoms with van der Waals surface area (Å²) >= 11 is 3.38. The van der Waals surface area contributed by atoms with Crippen molar-refractivity contribution in [2.45, 2.75) is 13.2 Å². The molecule has 0 aliphatic carbocycles. The maximum Gasteiger partial charge on any atom is 0.338 e. The molecule has 2 aromatic carbocycles. The minimum absolute atomic E-state index is 0.255. The quantitative estimate of drug-likeness (QED) is 0.880. The van der Waals surface area contributed by atoms with E-state index in [-0.39, 0.29) is 12.6 Å². The van der Waals surface area contributed by atoms with E-state index in [9.17, 15) is 4.79 Å². The molecule has 4 heteroatoms. The van der Waals surface area contributed by atoms with Gasteiger partial charge in [0.05, 0.1) is 5.56 Å². The van der Waals surface area contributed by atoms with Crippen molar-refractivity contribution in [3.63, 3.8) is 0 Å². The van der Waals surface area contributed by atoms with Gasteiger partial charge in [0.25, 0.3) is 0 Å². The summed E-state index contributed by atoms with van der Waals surface area (Å²) in [4.78, 5) is 11.9. The SMILES string of the molecule is NCc1cccc(C(=O)OCc2cccc(Br)c2)c1. The Labute approximate surface area is 120 Å². The van der Waals surface area contributed by atoms with E-state index in [4.69, 9.17) is 10.5 Å². The second kappa shape index (κ2) is 6.50. The summed E-state index contributed by atoms with van der Waals surface area (Å²) in [6.45, 7) is 0.665. The van der Waals surface area contributed by atoms with Crippen LogP contribution in [0.1, 0.15) is 21.5 Å². The molecule has 2 aromatic rings. The predicted octanol–water partition coefficient (Wildman–Crippen LogP) is 3.26. The van der Waals surface area contributed by atoms with E-state index < -0.39 is 0 Å². The van der Waals surface area contributed by atoms with Crippen LogP contribution >= 0.6 is 15.9 Å². The van der Waals surface area contributed by atoms with Gasteiger partial charge in [-0.3, -0.25) is 0 Å². The molecule has 0 aliphatic rings. The number of rotatable bonds is 4. The van der Waals surface area contributed by atoms with Crippen molar-refractivity contribution in [2.24, 2.45) is 5.73 Å². The normalized spacial score (nSPS) is 10.2. The average Bonchev–Trinajstić information content (AvgIpc) is 2.45. The van der Waals surface area contributed by atoms with Gasteiger partial charge in [0.15, 0.2) is 0 Å². The third-order valence-corrected chi connectivity index (χ3v) is 3.15. The first-order valence-electron chi connectivity index (χ1n) is 5.89. The van der Waals surface area contributed by atoms with Crippen LogP contribution in [0.15, 0.2) is 53.0 Å². The van der Waals surface area contributed by atoms with Crippen LogP contribution in [0, 0.1) is 0 Å². The Kier molecular flexibility index (Phi) is 4.71. The van der Waals surface area contributed by atoms with Crippen molar-refractivity contribution in [3.8, 4) is 0 Å². The highest BCUT2D eigenvalue weighted by Gasteiger charge is 2.07. The molecule has 0 fully saturated rings. The fraction of sp³-hybridized carbons (Fsp3) is 0.133. The van der Waals surface area contributed by atoms with Gasteiger partial charge in [-0.2, -0.15) is 0 Å². The highest BCUT2D eigenvalue weighted by atomic mass is 79.9. The predicted molar refractivity (Wildman–Crippen MR) is 77.6 cm³/mol. The lowest BCUT2D eigenvalue weighted by Gasteiger charge is -2.06. The van der Waals surface area contributed by atoms with Gasteiger partial charge < -0.3 is 10.5 Å². The average molecular weight is 320 g/mol. The molecule has 0 aromatic heterocycles. The lowest BCUT2D eigenvalue weighted by Crippen LogP contribution is -2.06. The van der Waals surface area contributed by atoms with E-state index >= 15 is 0 Å². The number of carbonyl (C=O) groups is 1. The summed E-state index contributed by atoms with van der Waals surface area (Å²) in [6, 6.07) is 14.8. The zero-order valence-electron chi connectivity index (χ0n) is 10.3. The molecule has 0 saturated carbocycles. The van der Waals surface area contributed by atoms with Crippen LogP contribution in [0.25, 0.3) is 0 Å². The summed E-state index contributed by atoms with van der Waals surface area (Å²) < 4.78 is 6.23. The first-order valence-corrected chi connectivity index (χ1v) is 6.69. The van der Waals surface area contributed by atoms with E-state index in [0.717, 1.165) is 15.6 Å². The van der Waals surface area contributed by atoms with Crippen LogP contribution in [-0.2, 0) is 17.9 Å². The zero-order chi connectivity index (χ0) is 13.7. The molecular weight excluding hydrogens is 306 g/mol. The summed E-state index contributed by atoms with van der Waals surface area (Å²) in [5.74, 6) is -0.338. The number of hydrogen-bond acceptors (Lipinski definition) is 3. The van der Waals surface area contributed by atoms with Gasteiger partial charge in [-0.1, -0.05) is 40.2 Å². The van der Waals surface area contributed by atoms with Gasteiger partial charge in [-0.05, 0) is 35.4 Å². The Morgan fingerprint density at radius 2 is 1.84 bits per heavy atom. The molecular formula is C15H14BrNO2. The van der Waals surface area contributed by atoms with Crippen LogP contribution in [-0.4, -0.2) is 5.97 Å². The largest absolute Gasteiger partial charge is 0.457 e. The van der Waals surface area contributed by atoms with Gasteiger partial charge in [0.1, 0.15) is 6.61 Å². The molecule has 2 N–H and O–H groups in total. The molecule has 0 atom stereocenters. The molecule has 0 heterocycles. The van der Waals surface area contributed by atoms with Crippen LogP contribution in [0.5, 0.6) is 0 Å². The summed E-state index contributed by atoms with van der Waals surface area (Å²) in [5.41, 5.74) is 7.93. The van der Waals surface area contributed by atoms with Gasteiger partial charge >= 0.3 is 5.97 Å². The van der Waals surface area contributed by atoms with Gasteiger partial charge in [-0.25, -0.2) is 4.79 Å². The Morgan fingerprint density at radius 3 is 2.58 bits per heavy atom. The third kappa shape index (κ3) is 3.91. The van der Waals surface area contributed by atoms with Crippen molar-refractivity contribution < 1.29 is 9.53 Å². The van der Waals surface area contributed by atoms with Crippen LogP contribution in [0.4, 0.5) is 0 Å². The molecule has 0 unspecified atom stereocenters. The molecule has 0 aliphatic heterocycles. The van der Waals surface area contributed by atoms with Gasteiger partial charge in [0.2, 0.25) is 0 Å². The second-order valence-corrected chi connectivity index (χ2v) is 5.03. The van der Waals surface area contributed by atoms with E-state index in [1.165, 1.54) is 0 Å². The van der Waals surface area contributed by atoms with Crippen molar-refractivity contribution in [1.29, 1.82) is 0 Å². The Balaban J connectivity index is 2.01. The molecule has 0 saturated heterocycles. The molecule has 0 bridgehead atoms. The van der Waals surface area contributed by atoms with Crippen LogP contribution in [0.2, 0.25) is 0 Å². The van der Waals surface area contributed by atoms with Crippen LogP contribution in [0.3, 0.4) is 0 Å². The highest BCUT2D eigenvalue weighted by molar-refractivity contribution is 9.10. The van der Waals surface area contributed by atoms with Crippen molar-refractivity contribution >= 4 is 21.9 Å². The molecule has 0 radical (unpaired) electrons. The monoisotopic (exact) mass is 319 g/mol. The topological polar surface area (TPSA) is 52.3 Å². The van der Waals surface area contributed by atoms with E-state index in [1.807, 2.05) is 30.3 Å². The summed E-state index contributed by atoms with van der Waals surface area (Å²) in [5, 5.41) is 0. The number of ether oxygens (including phenoxy) is 1. The molecule has 0 spiro atoms. The standard InChI is InChI=1S/C15H14BrNO2/c16-14-6-2-4-12(8-14)10-19-15(18)13-5-1-3-11(7-13)9-17/h1-8H,9-10,17H2. The minimum Gasteiger partial charge on any atom is -0.457 e. The maximum absolute atomic E-state index is 11.9. The lowest BCUT2D eigenvalue weighted by atomic mass is 10.1. The molecule has 0 amide bonds. The fourth-order valence-electron chi connectivity index (χ4n) is 1.68. The third-order valence-electron chi connectivity index (χ3n) is 2.66. The first-order chi connectivity index (χ1) is 9.19. The Morgan fingerprint density at radius 1 is 1.11 bits per heavy atom. The smallest absolute Gasteiger partial charge is 0.338 e. The number of carbonyl (C=O) groups excluding carboxylic acids is 1. The fourth-order valence-corrected chi connectivity index (χ4v) is 2.13. The second-order valence-electron chi connectivity index (χ2n) is 4.11. The number of hydrogen-bond donors (Lipinski definition) is 1. The number of halogens is 1. The summed E-state index contributed by atoms with van der Waals surface area (Å²) in [7, 11) is 0. The van der Waals surface area contributed by atoms with Crippen molar-refractivity contribution in [2.75, 3.05) is 0 Å². The summed E-state index contributed by atoms with van der Waals surface area (Å²) in [6.07, 6.45) is 0. The van der Waals surface area contributed by atoms with E-state index in [2.05, 4.69) is 15.9 Å². The highest BCUT2D eigenvalue weighted by Crippen LogP contribution is 2.13. The lowest BCUT2D eigenvalue weighted by molar-refractivity contribution is 0.0472. The zero-order valence-corrected chi connectivity index (χ0v) is 11.9. The molecule has 19 heavy (non-hydrogen) atoms. The van der Waals surface area contributed by atoms with E-state index in [0.29, 0.717) is 12.1 Å². The van der Waals surface area contributed by atoms with Crippen molar-refractivity contribution in [3.05, 3.63) is 69.7 Å². The maximum atomic E-state index is 11.9. The number of nitrogens with two attached hydrogens (primary N) is 1. The molecule has 2 rings (SSSR count). The molecule has 3 nitrogen and oxygen atoms in total. The van der Waals surface area contributed by atoms with Gasteiger partial charge in [0, 0.05) is 11.0 Å².